The summed E-state index contributed by atoms with van der Waals surface area (Å²) in [6, 6.07) is 0. The van der Waals surface area contributed by atoms with Gasteiger partial charge >= 0.3 is 0 Å². The number of hydrogen-bond acceptors (Lipinski definition) is 2. The molecule has 1 aliphatic heterocycles. The van der Waals surface area contributed by atoms with Crippen LogP contribution in [0.4, 0.5) is 0 Å². The molecule has 0 aromatic carbocycles. The van der Waals surface area contributed by atoms with E-state index in [0.29, 0.717) is 0 Å². The summed E-state index contributed by atoms with van der Waals surface area (Å²) in [7, 11) is 0. The minimum Gasteiger partial charge on any atom is -0.494 e. The molecule has 2 unspecified atom stereocenters. The van der Waals surface area contributed by atoms with Crippen LogP contribution in [0.5, 0.6) is 0 Å². The first-order chi connectivity index (χ1) is 5.45. The van der Waals surface area contributed by atoms with Gasteiger partial charge in [0.15, 0.2) is 0 Å². The Hall–Kier alpha value is -0.920. The summed E-state index contributed by atoms with van der Waals surface area (Å²) in [5, 5.41) is 3.35. The summed E-state index contributed by atoms with van der Waals surface area (Å²) < 4.78 is 5.60. The third-order valence-electron chi connectivity index (χ3n) is 2.63. The van der Waals surface area contributed by atoms with Gasteiger partial charge in [-0.3, -0.25) is 0 Å². The second kappa shape index (κ2) is 1.81. The molecule has 0 spiro atoms. The van der Waals surface area contributed by atoms with Gasteiger partial charge < -0.3 is 10.1 Å². The van der Waals surface area contributed by atoms with E-state index in [1.54, 1.807) is 0 Å². The van der Waals surface area contributed by atoms with E-state index in [2.05, 4.69) is 17.5 Å². The van der Waals surface area contributed by atoms with E-state index >= 15 is 0 Å². The van der Waals surface area contributed by atoms with Crippen molar-refractivity contribution in [3.05, 3.63) is 23.6 Å². The number of nitrogens with one attached hydrogen (secondary N) is 1. The second-order valence-corrected chi connectivity index (χ2v) is 3.42. The Kier molecular flexibility index (Phi) is 0.939. The number of rotatable bonds is 0. The van der Waals surface area contributed by atoms with Crippen LogP contribution < -0.4 is 5.32 Å². The molecule has 2 heteroatoms. The highest BCUT2D eigenvalue weighted by atomic mass is 16.5. The van der Waals surface area contributed by atoms with Crippen molar-refractivity contribution in [3.8, 4) is 0 Å². The van der Waals surface area contributed by atoms with Gasteiger partial charge in [0.05, 0.1) is 5.70 Å². The van der Waals surface area contributed by atoms with Crippen molar-refractivity contribution in [3.63, 3.8) is 0 Å². The molecule has 1 heterocycles. The van der Waals surface area contributed by atoms with Gasteiger partial charge in [-0.1, -0.05) is 6.08 Å². The van der Waals surface area contributed by atoms with Crippen LogP contribution in [0.15, 0.2) is 23.6 Å². The van der Waals surface area contributed by atoms with E-state index in [1.165, 1.54) is 17.9 Å². The van der Waals surface area contributed by atoms with Gasteiger partial charge in [-0.05, 0) is 18.4 Å². The zero-order chi connectivity index (χ0) is 7.26. The first-order valence-corrected chi connectivity index (χ1v) is 4.24. The Morgan fingerprint density at radius 3 is 3.55 bits per heavy atom. The summed E-state index contributed by atoms with van der Waals surface area (Å²) >= 11 is 0. The predicted molar refractivity (Wildman–Crippen MR) is 41.7 cm³/mol. The van der Waals surface area contributed by atoms with E-state index in [1.807, 2.05) is 0 Å². The molecular formula is C9H11NO. The van der Waals surface area contributed by atoms with Crippen molar-refractivity contribution in [2.45, 2.75) is 6.42 Å². The molecule has 0 radical (unpaired) electrons. The van der Waals surface area contributed by atoms with Crippen LogP contribution in [0, 0.1) is 11.8 Å². The monoisotopic (exact) mass is 149 g/mol. The molecule has 0 bridgehead atoms. The molecule has 11 heavy (non-hydrogen) atoms. The smallest absolute Gasteiger partial charge is 0.123 e. The van der Waals surface area contributed by atoms with E-state index in [4.69, 9.17) is 4.74 Å². The lowest BCUT2D eigenvalue weighted by molar-refractivity contribution is 0.175. The first kappa shape index (κ1) is 5.70. The molecule has 2 aliphatic carbocycles. The molecule has 2 atom stereocenters. The Morgan fingerprint density at radius 1 is 1.55 bits per heavy atom. The van der Waals surface area contributed by atoms with Crippen molar-refractivity contribution < 1.29 is 4.74 Å². The van der Waals surface area contributed by atoms with Crippen LogP contribution in [0.25, 0.3) is 0 Å². The molecule has 2 nitrogen and oxygen atoms in total. The Labute approximate surface area is 65.9 Å². The SMILES string of the molecule is C1=CC2CC2C2=C1NCCO2. The Morgan fingerprint density at radius 2 is 2.55 bits per heavy atom. The van der Waals surface area contributed by atoms with Crippen LogP contribution in [-0.4, -0.2) is 13.2 Å². The second-order valence-electron chi connectivity index (χ2n) is 3.42. The summed E-state index contributed by atoms with van der Waals surface area (Å²) in [5.74, 6) is 2.75. The van der Waals surface area contributed by atoms with E-state index in [9.17, 15) is 0 Å². The van der Waals surface area contributed by atoms with Crippen molar-refractivity contribution in [2.75, 3.05) is 13.2 Å². The summed E-state index contributed by atoms with van der Waals surface area (Å²) in [6.45, 7) is 1.80. The van der Waals surface area contributed by atoms with Gasteiger partial charge in [0.1, 0.15) is 12.4 Å². The van der Waals surface area contributed by atoms with E-state index < -0.39 is 0 Å². The lowest BCUT2D eigenvalue weighted by Crippen LogP contribution is -2.27. The first-order valence-electron chi connectivity index (χ1n) is 4.24. The molecule has 0 aromatic heterocycles. The third kappa shape index (κ3) is 0.724. The quantitative estimate of drug-likeness (QED) is 0.555. The van der Waals surface area contributed by atoms with Crippen LogP contribution in [0.1, 0.15) is 6.42 Å². The summed E-state index contributed by atoms with van der Waals surface area (Å²) in [5.41, 5.74) is 1.23. The number of hydrogen-bond donors (Lipinski definition) is 1. The number of allylic oxidation sites excluding steroid dienone is 3. The van der Waals surface area contributed by atoms with Crippen LogP contribution in [0.3, 0.4) is 0 Å². The maximum atomic E-state index is 5.60. The summed E-state index contributed by atoms with van der Waals surface area (Å²) in [4.78, 5) is 0. The zero-order valence-electron chi connectivity index (χ0n) is 6.34. The van der Waals surface area contributed by atoms with Crippen LogP contribution >= 0.6 is 0 Å². The van der Waals surface area contributed by atoms with E-state index in [-0.39, 0.29) is 0 Å². The number of ether oxygens (including phenoxy) is 1. The lowest BCUT2D eigenvalue weighted by atomic mass is 10.1. The molecule has 1 N–H and O–H groups in total. The molecular weight excluding hydrogens is 138 g/mol. The fourth-order valence-electron chi connectivity index (χ4n) is 1.91. The minimum absolute atomic E-state index is 0.725. The van der Waals surface area contributed by atoms with Gasteiger partial charge in [-0.2, -0.15) is 0 Å². The largest absolute Gasteiger partial charge is 0.494 e. The molecule has 3 rings (SSSR count). The van der Waals surface area contributed by atoms with Gasteiger partial charge in [0, 0.05) is 12.5 Å². The highest BCUT2D eigenvalue weighted by molar-refractivity contribution is 5.34. The van der Waals surface area contributed by atoms with Crippen molar-refractivity contribution in [1.82, 2.24) is 5.32 Å². The molecule has 3 aliphatic rings. The Bertz CT molecular complexity index is 254. The molecule has 1 saturated carbocycles. The van der Waals surface area contributed by atoms with Crippen molar-refractivity contribution >= 4 is 0 Å². The molecule has 58 valence electrons. The number of fused-ring (bicyclic) bond motifs is 2. The van der Waals surface area contributed by atoms with Crippen molar-refractivity contribution in [1.29, 1.82) is 0 Å². The molecule has 0 aromatic rings. The molecule has 0 amide bonds. The van der Waals surface area contributed by atoms with Crippen molar-refractivity contribution in [2.24, 2.45) is 11.8 Å². The highest BCUT2D eigenvalue weighted by Gasteiger charge is 2.43. The average Bonchev–Trinajstić information content (AvgIpc) is 2.83. The molecule has 1 fully saturated rings. The topological polar surface area (TPSA) is 21.3 Å². The predicted octanol–water partition coefficient (Wildman–Crippen LogP) is 1.02. The fourth-order valence-corrected chi connectivity index (χ4v) is 1.91. The van der Waals surface area contributed by atoms with Crippen LogP contribution in [0.2, 0.25) is 0 Å². The standard InChI is InChI=1S/C9H11NO/c1-2-8-9(7-5-6(1)7)11-4-3-10-8/h1-2,6-7,10H,3-5H2. The molecule has 0 saturated heterocycles. The normalized spacial score (nSPS) is 38.5. The van der Waals surface area contributed by atoms with Gasteiger partial charge in [-0.15, -0.1) is 0 Å². The summed E-state index contributed by atoms with van der Waals surface area (Å²) in [6.07, 6.45) is 5.77. The lowest BCUT2D eigenvalue weighted by Gasteiger charge is -2.23. The van der Waals surface area contributed by atoms with Crippen LogP contribution in [-0.2, 0) is 4.74 Å². The maximum absolute atomic E-state index is 5.60. The Balaban J connectivity index is 2.01. The fraction of sp³-hybridized carbons (Fsp3) is 0.556. The average molecular weight is 149 g/mol. The zero-order valence-corrected chi connectivity index (χ0v) is 6.34. The minimum atomic E-state index is 0.725. The third-order valence-corrected chi connectivity index (χ3v) is 2.63. The maximum Gasteiger partial charge on any atom is 0.123 e. The van der Waals surface area contributed by atoms with E-state index in [0.717, 1.165) is 25.0 Å². The highest BCUT2D eigenvalue weighted by Crippen LogP contribution is 2.49. The van der Waals surface area contributed by atoms with Gasteiger partial charge in [0.25, 0.3) is 0 Å². The van der Waals surface area contributed by atoms with Gasteiger partial charge in [0.2, 0.25) is 0 Å². The van der Waals surface area contributed by atoms with Gasteiger partial charge in [-0.25, -0.2) is 0 Å².